The molecule has 9 aromatic carbocycles. The molecule has 0 atom stereocenters. The van der Waals surface area contributed by atoms with Gasteiger partial charge in [-0.25, -0.2) is 0 Å². The van der Waals surface area contributed by atoms with Gasteiger partial charge in [-0.05, 0) is 98.9 Å². The lowest BCUT2D eigenvalue weighted by Gasteiger charge is -2.47. The van der Waals surface area contributed by atoms with Crippen molar-refractivity contribution in [1.82, 2.24) is 0 Å². The van der Waals surface area contributed by atoms with Crippen LogP contribution in [0.15, 0.2) is 206 Å². The molecule has 9 aromatic rings. The molecule has 0 saturated carbocycles. The minimum absolute atomic E-state index is 0.436. The summed E-state index contributed by atoms with van der Waals surface area (Å²) >= 11 is 0. The van der Waals surface area contributed by atoms with Gasteiger partial charge in [0.25, 0.3) is 0 Å². The lowest BCUT2D eigenvalue weighted by Crippen LogP contribution is -2.34. The summed E-state index contributed by atoms with van der Waals surface area (Å²) in [4.78, 5) is 4.90. The lowest BCUT2D eigenvalue weighted by atomic mass is 9.71. The number of hydrogen-bond acceptors (Lipinski definition) is 3. The molecule has 11 rings (SSSR count). The highest BCUT2D eigenvalue weighted by molar-refractivity contribution is 6.03. The number of fused-ring (bicyclic) bond motifs is 5. The Bertz CT molecular complexity index is 2980. The standard InChI is InChI=1S/C55H40N2O/c1-55(2)46-36-43(41-26-24-39(25-27-41)37-14-5-3-6-15-37)30-33-48(46)57-49-21-11-12-23-51(49)58-52-35-34-50(53(55)54(52)57)56(47-22-13-19-42-18-9-10-20-45(42)47)44-31-28-40(29-32-44)38-16-7-4-8-17-38/h3-36H,1-2H3. The van der Waals surface area contributed by atoms with E-state index in [2.05, 4.69) is 230 Å². The molecule has 0 aliphatic carbocycles. The zero-order chi connectivity index (χ0) is 38.8. The van der Waals surface area contributed by atoms with Gasteiger partial charge in [-0.15, -0.1) is 0 Å². The van der Waals surface area contributed by atoms with Gasteiger partial charge in [0, 0.05) is 22.1 Å². The average molecular weight is 745 g/mol. The van der Waals surface area contributed by atoms with Crippen molar-refractivity contribution in [3.05, 3.63) is 217 Å². The maximum atomic E-state index is 6.79. The highest BCUT2D eigenvalue weighted by Crippen LogP contribution is 2.63. The van der Waals surface area contributed by atoms with E-state index in [0.717, 1.165) is 39.9 Å². The van der Waals surface area contributed by atoms with E-state index in [-0.39, 0.29) is 0 Å². The van der Waals surface area contributed by atoms with Gasteiger partial charge in [0.05, 0.1) is 28.4 Å². The Labute approximate surface area is 339 Å². The van der Waals surface area contributed by atoms with E-state index in [4.69, 9.17) is 4.74 Å². The monoisotopic (exact) mass is 744 g/mol. The molecule has 0 saturated heterocycles. The normalized spacial score (nSPS) is 13.2. The first kappa shape index (κ1) is 33.9. The summed E-state index contributed by atoms with van der Waals surface area (Å²) in [5.74, 6) is 1.70. The van der Waals surface area contributed by atoms with E-state index in [1.807, 2.05) is 0 Å². The predicted octanol–water partition coefficient (Wildman–Crippen LogP) is 15.5. The lowest BCUT2D eigenvalue weighted by molar-refractivity contribution is 0.471. The molecule has 3 nitrogen and oxygen atoms in total. The van der Waals surface area contributed by atoms with Crippen LogP contribution in [0.5, 0.6) is 11.5 Å². The fourth-order valence-electron chi connectivity index (χ4n) is 9.16. The highest BCUT2D eigenvalue weighted by atomic mass is 16.5. The first-order chi connectivity index (χ1) is 28.5. The van der Waals surface area contributed by atoms with Crippen LogP contribution >= 0.6 is 0 Å². The summed E-state index contributed by atoms with van der Waals surface area (Å²) in [7, 11) is 0. The number of nitrogens with zero attached hydrogens (tertiary/aromatic N) is 2. The maximum absolute atomic E-state index is 6.79. The van der Waals surface area contributed by atoms with Crippen molar-refractivity contribution in [3.63, 3.8) is 0 Å². The quantitative estimate of drug-likeness (QED) is 0.169. The molecule has 0 radical (unpaired) electrons. The summed E-state index contributed by atoms with van der Waals surface area (Å²) in [6, 6.07) is 74.4. The van der Waals surface area contributed by atoms with Crippen molar-refractivity contribution in [1.29, 1.82) is 0 Å². The summed E-state index contributed by atoms with van der Waals surface area (Å²) in [6.07, 6.45) is 0. The third-order valence-corrected chi connectivity index (χ3v) is 12.0. The van der Waals surface area contributed by atoms with Crippen LogP contribution < -0.4 is 14.5 Å². The molecular weight excluding hydrogens is 705 g/mol. The fourth-order valence-corrected chi connectivity index (χ4v) is 9.16. The number of rotatable bonds is 6. The molecule has 0 fully saturated rings. The third-order valence-electron chi connectivity index (χ3n) is 12.0. The van der Waals surface area contributed by atoms with Gasteiger partial charge in [0.1, 0.15) is 0 Å². The molecule has 0 amide bonds. The maximum Gasteiger partial charge on any atom is 0.152 e. The summed E-state index contributed by atoms with van der Waals surface area (Å²) in [5.41, 5.74) is 15.8. The topological polar surface area (TPSA) is 15.7 Å². The van der Waals surface area contributed by atoms with Gasteiger partial charge in [-0.1, -0.05) is 166 Å². The van der Waals surface area contributed by atoms with Crippen LogP contribution in [-0.2, 0) is 5.41 Å². The third kappa shape index (κ3) is 5.43. The van der Waals surface area contributed by atoms with Gasteiger partial charge in [-0.2, -0.15) is 0 Å². The van der Waals surface area contributed by atoms with Crippen molar-refractivity contribution in [2.24, 2.45) is 0 Å². The molecule has 58 heavy (non-hydrogen) atoms. The Balaban J connectivity index is 1.13. The van der Waals surface area contributed by atoms with Crippen molar-refractivity contribution in [3.8, 4) is 44.9 Å². The summed E-state index contributed by atoms with van der Waals surface area (Å²) in [5, 5.41) is 2.39. The summed E-state index contributed by atoms with van der Waals surface area (Å²) in [6.45, 7) is 4.76. The largest absolute Gasteiger partial charge is 0.453 e. The number of anilines is 6. The van der Waals surface area contributed by atoms with E-state index in [1.165, 1.54) is 61.0 Å². The van der Waals surface area contributed by atoms with Crippen molar-refractivity contribution < 1.29 is 4.74 Å². The van der Waals surface area contributed by atoms with Gasteiger partial charge in [-0.3, -0.25) is 0 Å². The van der Waals surface area contributed by atoms with Crippen molar-refractivity contribution in [2.45, 2.75) is 19.3 Å². The SMILES string of the molecule is CC1(C)c2cc(-c3ccc(-c4ccccc4)cc3)ccc2N2c3ccccc3Oc3ccc(N(c4ccc(-c5ccccc5)cc4)c4cccc5ccccc45)c1c32. The molecule has 0 unspecified atom stereocenters. The molecule has 2 aliphatic rings. The number of ether oxygens (including phenoxy) is 1. The van der Waals surface area contributed by atoms with Gasteiger partial charge < -0.3 is 14.5 Å². The molecule has 0 N–H and O–H groups in total. The van der Waals surface area contributed by atoms with E-state index >= 15 is 0 Å². The second kappa shape index (κ2) is 13.4. The molecular formula is C55H40N2O. The van der Waals surface area contributed by atoms with Crippen LogP contribution in [0.3, 0.4) is 0 Å². The van der Waals surface area contributed by atoms with Gasteiger partial charge in [0.2, 0.25) is 0 Å². The Morgan fingerprint density at radius 1 is 0.431 bits per heavy atom. The number of para-hydroxylation sites is 2. The van der Waals surface area contributed by atoms with E-state index in [9.17, 15) is 0 Å². The zero-order valence-corrected chi connectivity index (χ0v) is 32.4. The van der Waals surface area contributed by atoms with Gasteiger partial charge in [0.15, 0.2) is 11.5 Å². The molecule has 2 heterocycles. The zero-order valence-electron chi connectivity index (χ0n) is 32.4. The second-order valence-electron chi connectivity index (χ2n) is 15.8. The summed E-state index contributed by atoms with van der Waals surface area (Å²) < 4.78 is 6.79. The van der Waals surface area contributed by atoms with E-state index in [0.29, 0.717) is 0 Å². The van der Waals surface area contributed by atoms with E-state index < -0.39 is 5.41 Å². The van der Waals surface area contributed by atoms with Crippen LogP contribution in [0.2, 0.25) is 0 Å². The van der Waals surface area contributed by atoms with Crippen LogP contribution in [0.25, 0.3) is 44.2 Å². The Morgan fingerprint density at radius 2 is 1.00 bits per heavy atom. The fraction of sp³-hybridized carbons (Fsp3) is 0.0545. The van der Waals surface area contributed by atoms with Crippen LogP contribution in [0.4, 0.5) is 34.1 Å². The Morgan fingerprint density at radius 3 is 1.72 bits per heavy atom. The second-order valence-corrected chi connectivity index (χ2v) is 15.8. The first-order valence-electron chi connectivity index (χ1n) is 20.0. The highest BCUT2D eigenvalue weighted by Gasteiger charge is 2.44. The smallest absolute Gasteiger partial charge is 0.152 e. The van der Waals surface area contributed by atoms with Crippen LogP contribution in [-0.4, -0.2) is 0 Å². The molecule has 0 aromatic heterocycles. The number of hydrogen-bond donors (Lipinski definition) is 0. The first-order valence-corrected chi connectivity index (χ1v) is 20.0. The van der Waals surface area contributed by atoms with Crippen LogP contribution in [0, 0.1) is 0 Å². The van der Waals surface area contributed by atoms with Crippen molar-refractivity contribution >= 4 is 44.9 Å². The molecule has 2 aliphatic heterocycles. The molecule has 276 valence electrons. The molecule has 0 bridgehead atoms. The number of benzene rings is 9. The predicted molar refractivity (Wildman–Crippen MR) is 242 cm³/mol. The molecule has 0 spiro atoms. The minimum atomic E-state index is -0.436. The Kier molecular flexibility index (Phi) is 7.84. The van der Waals surface area contributed by atoms with Crippen LogP contribution in [0.1, 0.15) is 25.0 Å². The minimum Gasteiger partial charge on any atom is -0.453 e. The average Bonchev–Trinajstić information content (AvgIpc) is 3.29. The molecule has 3 heteroatoms. The van der Waals surface area contributed by atoms with E-state index in [1.54, 1.807) is 0 Å². The van der Waals surface area contributed by atoms with Gasteiger partial charge >= 0.3 is 0 Å². The van der Waals surface area contributed by atoms with Crippen molar-refractivity contribution in [2.75, 3.05) is 9.80 Å². The Hall–Kier alpha value is -7.36.